The van der Waals surface area contributed by atoms with Crippen LogP contribution >= 0.6 is 0 Å². The molecule has 0 spiro atoms. The van der Waals surface area contributed by atoms with E-state index in [0.29, 0.717) is 24.2 Å². The standard InChI is InChI=1S/C18H29N3O2/c1-13-5-4-6-14(9-13)11-20-18(19)21-12-15-7-8-16(22-2)17(10-15)23-3/h7-8,10,13-14H,4-6,9,11-12H2,1-3H3,(H3,19,20,21). The van der Waals surface area contributed by atoms with E-state index in [-0.39, 0.29) is 0 Å². The summed E-state index contributed by atoms with van der Waals surface area (Å²) in [7, 11) is 3.26. The first-order valence-electron chi connectivity index (χ1n) is 8.37. The molecule has 0 heterocycles. The highest BCUT2D eigenvalue weighted by Gasteiger charge is 2.18. The lowest BCUT2D eigenvalue weighted by Gasteiger charge is -2.26. The normalized spacial score (nSPS) is 21.8. The fourth-order valence-corrected chi connectivity index (χ4v) is 3.21. The fraction of sp³-hybridized carbons (Fsp3) is 0.611. The van der Waals surface area contributed by atoms with Crippen LogP contribution in [0, 0.1) is 11.8 Å². The van der Waals surface area contributed by atoms with E-state index < -0.39 is 0 Å². The van der Waals surface area contributed by atoms with E-state index in [1.54, 1.807) is 14.2 Å². The molecule has 2 rings (SSSR count). The SMILES string of the molecule is COc1ccc(CN=C(N)NCC2CCCC(C)C2)cc1OC. The maximum absolute atomic E-state index is 5.98. The van der Waals surface area contributed by atoms with Gasteiger partial charge in [-0.25, -0.2) is 4.99 Å². The van der Waals surface area contributed by atoms with Gasteiger partial charge in [0.15, 0.2) is 17.5 Å². The number of hydrogen-bond donors (Lipinski definition) is 2. The molecule has 1 aromatic carbocycles. The molecule has 0 bridgehead atoms. The van der Waals surface area contributed by atoms with E-state index in [1.807, 2.05) is 18.2 Å². The molecule has 1 aliphatic carbocycles. The van der Waals surface area contributed by atoms with E-state index in [1.165, 1.54) is 25.7 Å². The quantitative estimate of drug-likeness (QED) is 0.625. The zero-order chi connectivity index (χ0) is 16.7. The molecule has 3 N–H and O–H groups in total. The summed E-state index contributed by atoms with van der Waals surface area (Å²) in [6.45, 7) is 3.78. The predicted molar refractivity (Wildman–Crippen MR) is 94.0 cm³/mol. The van der Waals surface area contributed by atoms with E-state index in [0.717, 1.165) is 23.8 Å². The largest absolute Gasteiger partial charge is 0.493 e. The third-order valence-corrected chi connectivity index (χ3v) is 4.50. The van der Waals surface area contributed by atoms with Crippen molar-refractivity contribution in [3.8, 4) is 11.5 Å². The van der Waals surface area contributed by atoms with Crippen molar-refractivity contribution >= 4 is 5.96 Å². The number of rotatable bonds is 6. The van der Waals surface area contributed by atoms with Crippen LogP contribution < -0.4 is 20.5 Å². The van der Waals surface area contributed by atoms with Crippen LogP contribution in [0.2, 0.25) is 0 Å². The number of aliphatic imine (C=N–C) groups is 1. The second-order valence-electron chi connectivity index (χ2n) is 6.41. The van der Waals surface area contributed by atoms with Crippen molar-refractivity contribution in [3.05, 3.63) is 23.8 Å². The Bertz CT molecular complexity index is 531. The zero-order valence-corrected chi connectivity index (χ0v) is 14.5. The van der Waals surface area contributed by atoms with Gasteiger partial charge in [-0.15, -0.1) is 0 Å². The van der Waals surface area contributed by atoms with Crippen LogP contribution in [0.3, 0.4) is 0 Å². The average Bonchev–Trinajstić information content (AvgIpc) is 2.57. The lowest BCUT2D eigenvalue weighted by Crippen LogP contribution is -2.36. The molecule has 128 valence electrons. The second-order valence-corrected chi connectivity index (χ2v) is 6.41. The fourth-order valence-electron chi connectivity index (χ4n) is 3.21. The first kappa shape index (κ1) is 17.4. The van der Waals surface area contributed by atoms with Crippen molar-refractivity contribution < 1.29 is 9.47 Å². The summed E-state index contributed by atoms with van der Waals surface area (Å²) in [6.07, 6.45) is 5.27. The van der Waals surface area contributed by atoms with E-state index in [9.17, 15) is 0 Å². The number of benzene rings is 1. The summed E-state index contributed by atoms with van der Waals surface area (Å²) < 4.78 is 10.5. The van der Waals surface area contributed by atoms with Crippen LogP contribution in [0.4, 0.5) is 0 Å². The Morgan fingerprint density at radius 1 is 1.26 bits per heavy atom. The Labute approximate surface area is 139 Å². The molecule has 0 aromatic heterocycles. The summed E-state index contributed by atoms with van der Waals surface area (Å²) in [5.41, 5.74) is 7.02. The summed E-state index contributed by atoms with van der Waals surface area (Å²) >= 11 is 0. The number of guanidine groups is 1. The Hall–Kier alpha value is -1.91. The van der Waals surface area contributed by atoms with Crippen molar-refractivity contribution in [1.29, 1.82) is 0 Å². The number of nitrogens with one attached hydrogen (secondary N) is 1. The molecule has 5 heteroatoms. The molecule has 1 saturated carbocycles. The Morgan fingerprint density at radius 2 is 2.04 bits per heavy atom. The number of ether oxygens (including phenoxy) is 2. The summed E-state index contributed by atoms with van der Waals surface area (Å²) in [6, 6.07) is 5.79. The van der Waals surface area contributed by atoms with Crippen LogP contribution in [-0.2, 0) is 6.54 Å². The van der Waals surface area contributed by atoms with E-state index in [2.05, 4.69) is 17.2 Å². The van der Waals surface area contributed by atoms with Crippen LogP contribution in [0.15, 0.2) is 23.2 Å². The number of nitrogens with two attached hydrogens (primary N) is 1. The molecule has 0 radical (unpaired) electrons. The van der Waals surface area contributed by atoms with Gasteiger partial charge in [-0.05, 0) is 42.4 Å². The third-order valence-electron chi connectivity index (χ3n) is 4.50. The van der Waals surface area contributed by atoms with Crippen LogP contribution in [0.1, 0.15) is 38.2 Å². The lowest BCUT2D eigenvalue weighted by atomic mass is 9.82. The van der Waals surface area contributed by atoms with Gasteiger partial charge in [0.2, 0.25) is 0 Å². The Kier molecular flexibility index (Phi) is 6.56. The van der Waals surface area contributed by atoms with E-state index in [4.69, 9.17) is 15.2 Å². The molecule has 5 nitrogen and oxygen atoms in total. The van der Waals surface area contributed by atoms with Crippen LogP contribution in [0.25, 0.3) is 0 Å². The average molecular weight is 319 g/mol. The highest BCUT2D eigenvalue weighted by atomic mass is 16.5. The van der Waals surface area contributed by atoms with Crippen LogP contribution in [0.5, 0.6) is 11.5 Å². The number of methoxy groups -OCH3 is 2. The minimum Gasteiger partial charge on any atom is -0.493 e. The molecule has 0 aliphatic heterocycles. The van der Waals surface area contributed by atoms with E-state index >= 15 is 0 Å². The smallest absolute Gasteiger partial charge is 0.188 e. The summed E-state index contributed by atoms with van der Waals surface area (Å²) in [5, 5.41) is 3.27. The van der Waals surface area contributed by atoms with Crippen LogP contribution in [-0.4, -0.2) is 26.7 Å². The van der Waals surface area contributed by atoms with Crippen molar-refractivity contribution in [2.45, 2.75) is 39.2 Å². The number of nitrogens with zero attached hydrogens (tertiary/aromatic N) is 1. The summed E-state index contributed by atoms with van der Waals surface area (Å²) in [4.78, 5) is 4.42. The van der Waals surface area contributed by atoms with Crippen molar-refractivity contribution in [1.82, 2.24) is 5.32 Å². The first-order chi connectivity index (χ1) is 11.1. The first-order valence-corrected chi connectivity index (χ1v) is 8.37. The Morgan fingerprint density at radius 3 is 2.74 bits per heavy atom. The van der Waals surface area contributed by atoms with Gasteiger partial charge in [0.25, 0.3) is 0 Å². The number of hydrogen-bond acceptors (Lipinski definition) is 3. The monoisotopic (exact) mass is 319 g/mol. The molecule has 23 heavy (non-hydrogen) atoms. The minimum absolute atomic E-state index is 0.512. The maximum atomic E-state index is 5.98. The lowest BCUT2D eigenvalue weighted by molar-refractivity contribution is 0.282. The van der Waals surface area contributed by atoms with Crippen molar-refractivity contribution in [3.63, 3.8) is 0 Å². The Balaban J connectivity index is 1.84. The maximum Gasteiger partial charge on any atom is 0.188 e. The van der Waals surface area contributed by atoms with Gasteiger partial charge in [-0.1, -0.05) is 25.8 Å². The van der Waals surface area contributed by atoms with Gasteiger partial charge in [0.1, 0.15) is 0 Å². The molecule has 1 aromatic rings. The van der Waals surface area contributed by atoms with Gasteiger partial charge < -0.3 is 20.5 Å². The molecule has 1 fully saturated rings. The van der Waals surface area contributed by atoms with Crippen molar-refractivity contribution in [2.75, 3.05) is 20.8 Å². The zero-order valence-electron chi connectivity index (χ0n) is 14.5. The molecular formula is C18H29N3O2. The molecule has 0 saturated heterocycles. The molecule has 2 atom stereocenters. The minimum atomic E-state index is 0.512. The van der Waals surface area contributed by atoms with Crippen molar-refractivity contribution in [2.24, 2.45) is 22.6 Å². The highest BCUT2D eigenvalue weighted by Crippen LogP contribution is 2.28. The molecular weight excluding hydrogens is 290 g/mol. The van der Waals surface area contributed by atoms with Gasteiger partial charge in [0.05, 0.1) is 20.8 Å². The van der Waals surface area contributed by atoms with Gasteiger partial charge in [0, 0.05) is 6.54 Å². The molecule has 2 unspecified atom stereocenters. The third kappa shape index (κ3) is 5.34. The molecule has 1 aliphatic rings. The van der Waals surface area contributed by atoms with Gasteiger partial charge in [-0.3, -0.25) is 0 Å². The summed E-state index contributed by atoms with van der Waals surface area (Å²) in [5.74, 6) is 3.49. The highest BCUT2D eigenvalue weighted by molar-refractivity contribution is 5.77. The van der Waals surface area contributed by atoms with Gasteiger partial charge >= 0.3 is 0 Å². The predicted octanol–water partition coefficient (Wildman–Crippen LogP) is 2.93. The molecule has 0 amide bonds. The van der Waals surface area contributed by atoms with Gasteiger partial charge in [-0.2, -0.15) is 0 Å². The second kappa shape index (κ2) is 8.65. The topological polar surface area (TPSA) is 68.9 Å².